The summed E-state index contributed by atoms with van der Waals surface area (Å²) in [5, 5.41) is 3.31. The third-order valence-electron chi connectivity index (χ3n) is 5.37. The van der Waals surface area contributed by atoms with Gasteiger partial charge in [-0.1, -0.05) is 37.6 Å². The highest BCUT2D eigenvalue weighted by Gasteiger charge is 2.41. The fourth-order valence-electron chi connectivity index (χ4n) is 3.28. The van der Waals surface area contributed by atoms with Crippen molar-refractivity contribution >= 4 is 21.6 Å². The molecule has 1 aromatic heterocycles. The van der Waals surface area contributed by atoms with Gasteiger partial charge in [0, 0.05) is 19.0 Å². The van der Waals surface area contributed by atoms with Crippen LogP contribution in [0.15, 0.2) is 29.2 Å². The fraction of sp³-hybridized carbons (Fsp3) is 0.550. The maximum atomic E-state index is 13.1. The van der Waals surface area contributed by atoms with Crippen molar-refractivity contribution in [3.05, 3.63) is 46.2 Å². The van der Waals surface area contributed by atoms with E-state index in [1.165, 1.54) is 4.68 Å². The highest BCUT2D eigenvalue weighted by atomic mass is 35.5. The summed E-state index contributed by atoms with van der Waals surface area (Å²) in [6.07, 6.45) is -1.81. The van der Waals surface area contributed by atoms with E-state index in [9.17, 15) is 21.6 Å². The van der Waals surface area contributed by atoms with E-state index in [2.05, 4.69) is 23.7 Å². The normalized spacial score (nSPS) is 16.1. The van der Waals surface area contributed by atoms with Crippen LogP contribution in [0.4, 0.5) is 13.2 Å². The number of halogens is 4. The predicted molar refractivity (Wildman–Crippen MR) is 109 cm³/mol. The van der Waals surface area contributed by atoms with Crippen molar-refractivity contribution in [3.8, 4) is 0 Å². The first-order valence-electron chi connectivity index (χ1n) is 9.97. The van der Waals surface area contributed by atoms with Crippen molar-refractivity contribution in [2.75, 3.05) is 6.54 Å². The molecule has 0 amide bonds. The molecule has 1 heterocycles. The Morgan fingerprint density at radius 2 is 1.90 bits per heavy atom. The Labute approximate surface area is 179 Å². The summed E-state index contributed by atoms with van der Waals surface area (Å²) in [5.41, 5.74) is 0.389. The molecule has 0 radical (unpaired) electrons. The van der Waals surface area contributed by atoms with E-state index in [1.807, 2.05) is 0 Å². The predicted octanol–water partition coefficient (Wildman–Crippen LogP) is 5.31. The number of alkyl halides is 3. The van der Waals surface area contributed by atoms with Crippen LogP contribution in [-0.4, -0.2) is 24.7 Å². The molecule has 1 saturated carbocycles. The van der Waals surface area contributed by atoms with Gasteiger partial charge >= 0.3 is 6.18 Å². The molecule has 0 bridgehead atoms. The molecule has 0 aliphatic heterocycles. The first-order valence-corrected chi connectivity index (χ1v) is 11.8. The van der Waals surface area contributed by atoms with Crippen molar-refractivity contribution in [2.24, 2.45) is 0 Å². The minimum Gasteiger partial charge on any atom is -0.267 e. The molecule has 3 rings (SSSR count). The lowest BCUT2D eigenvalue weighted by Gasteiger charge is -2.11. The Hall–Kier alpha value is -1.58. The lowest BCUT2D eigenvalue weighted by Crippen LogP contribution is -2.26. The van der Waals surface area contributed by atoms with E-state index in [-0.39, 0.29) is 28.9 Å². The quantitative estimate of drug-likeness (QED) is 0.512. The van der Waals surface area contributed by atoms with E-state index in [0.29, 0.717) is 18.0 Å². The molecule has 30 heavy (non-hydrogen) atoms. The average molecular weight is 464 g/mol. The molecule has 166 valence electrons. The lowest BCUT2D eigenvalue weighted by atomic mass is 9.99. The van der Waals surface area contributed by atoms with E-state index in [4.69, 9.17) is 11.6 Å². The number of aryl methyl sites for hydroxylation is 1. The van der Waals surface area contributed by atoms with Crippen LogP contribution in [0.5, 0.6) is 0 Å². The molecular formula is C20H25ClF3N3O2S. The summed E-state index contributed by atoms with van der Waals surface area (Å²) in [4.78, 5) is 0.162. The highest BCUT2D eigenvalue weighted by molar-refractivity contribution is 7.89. The second-order valence-electron chi connectivity index (χ2n) is 7.67. The maximum Gasteiger partial charge on any atom is 0.436 e. The van der Waals surface area contributed by atoms with E-state index in [1.54, 1.807) is 24.3 Å². The number of nitrogens with zero attached hydrogens (tertiary/aromatic N) is 2. The number of hydrogen-bond donors (Lipinski definition) is 1. The first-order chi connectivity index (χ1) is 14.0. The Morgan fingerprint density at radius 3 is 2.43 bits per heavy atom. The Morgan fingerprint density at radius 1 is 1.27 bits per heavy atom. The Kier molecular flexibility index (Phi) is 6.84. The van der Waals surface area contributed by atoms with Gasteiger partial charge in [0.25, 0.3) is 0 Å². The summed E-state index contributed by atoms with van der Waals surface area (Å²) in [6.45, 7) is 4.37. The summed E-state index contributed by atoms with van der Waals surface area (Å²) in [6, 6.07) is 6.74. The highest BCUT2D eigenvalue weighted by Crippen LogP contribution is 2.46. The third-order valence-corrected chi connectivity index (χ3v) is 7.22. The first kappa shape index (κ1) is 23.1. The van der Waals surface area contributed by atoms with Crippen LogP contribution in [0.25, 0.3) is 0 Å². The van der Waals surface area contributed by atoms with Crippen LogP contribution in [0.1, 0.15) is 68.3 Å². The molecule has 1 aliphatic carbocycles. The van der Waals surface area contributed by atoms with Crippen LogP contribution in [-0.2, 0) is 22.7 Å². The fourth-order valence-corrected chi connectivity index (χ4v) is 4.75. The summed E-state index contributed by atoms with van der Waals surface area (Å²) < 4.78 is 68.0. The van der Waals surface area contributed by atoms with Gasteiger partial charge in [-0.25, -0.2) is 13.1 Å². The Balaban J connectivity index is 1.62. The van der Waals surface area contributed by atoms with Gasteiger partial charge in [0.2, 0.25) is 10.0 Å². The smallest absolute Gasteiger partial charge is 0.267 e. The minimum absolute atomic E-state index is 0.0122. The number of rotatable bonds is 9. The maximum absolute atomic E-state index is 13.1. The van der Waals surface area contributed by atoms with Gasteiger partial charge in [-0.3, -0.25) is 4.68 Å². The van der Waals surface area contributed by atoms with Gasteiger partial charge in [-0.2, -0.15) is 18.3 Å². The zero-order valence-corrected chi connectivity index (χ0v) is 18.4. The molecule has 1 aliphatic rings. The lowest BCUT2D eigenvalue weighted by molar-refractivity contribution is -0.141. The number of hydrogen-bond acceptors (Lipinski definition) is 3. The minimum atomic E-state index is -4.62. The molecule has 1 unspecified atom stereocenters. The van der Waals surface area contributed by atoms with Gasteiger partial charge in [0.1, 0.15) is 0 Å². The van der Waals surface area contributed by atoms with Gasteiger partial charge in [0.15, 0.2) is 5.69 Å². The molecule has 10 heteroatoms. The second kappa shape index (κ2) is 8.88. The molecule has 1 N–H and O–H groups in total. The van der Waals surface area contributed by atoms with Crippen molar-refractivity contribution in [1.29, 1.82) is 0 Å². The zero-order valence-electron chi connectivity index (χ0n) is 16.8. The van der Waals surface area contributed by atoms with Crippen molar-refractivity contribution in [2.45, 2.75) is 69.0 Å². The monoisotopic (exact) mass is 463 g/mol. The molecule has 1 atom stereocenters. The van der Waals surface area contributed by atoms with Gasteiger partial charge in [-0.15, -0.1) is 0 Å². The van der Waals surface area contributed by atoms with Crippen LogP contribution in [0.3, 0.4) is 0 Å². The van der Waals surface area contributed by atoms with Gasteiger partial charge in [0.05, 0.1) is 15.6 Å². The summed E-state index contributed by atoms with van der Waals surface area (Å²) in [7, 11) is -3.69. The van der Waals surface area contributed by atoms with Crippen LogP contribution < -0.4 is 4.72 Å². The molecular weight excluding hydrogens is 439 g/mol. The van der Waals surface area contributed by atoms with Gasteiger partial charge in [-0.05, 0) is 49.3 Å². The van der Waals surface area contributed by atoms with Crippen molar-refractivity contribution < 1.29 is 21.6 Å². The standard InChI is InChI=1S/C20H25ClF3N3O2S/c1-3-13(2)14-7-9-16(10-8-14)30(28,29)25-11-4-12-27-18(15-5-6-15)17(21)19(26-27)20(22,23)24/h7-10,13,15,25H,3-6,11-12H2,1-2H3. The molecule has 2 aromatic rings. The van der Waals surface area contributed by atoms with Crippen LogP contribution in [0.2, 0.25) is 5.02 Å². The molecule has 5 nitrogen and oxygen atoms in total. The average Bonchev–Trinajstić information content (AvgIpc) is 3.46. The number of benzene rings is 1. The molecule has 0 spiro atoms. The molecule has 1 aromatic carbocycles. The van der Waals surface area contributed by atoms with E-state index in [0.717, 1.165) is 24.8 Å². The second-order valence-corrected chi connectivity index (χ2v) is 9.82. The SMILES string of the molecule is CCC(C)c1ccc(S(=O)(=O)NCCCn2nc(C(F)(F)F)c(Cl)c2C2CC2)cc1. The summed E-state index contributed by atoms with van der Waals surface area (Å²) >= 11 is 5.95. The van der Waals surface area contributed by atoms with Crippen LogP contribution in [0, 0.1) is 0 Å². The zero-order chi connectivity index (χ0) is 22.1. The number of sulfonamides is 1. The molecule has 1 fully saturated rings. The van der Waals surface area contributed by atoms with E-state index >= 15 is 0 Å². The molecule has 0 saturated heterocycles. The Bertz CT molecular complexity index is 984. The van der Waals surface area contributed by atoms with Crippen LogP contribution >= 0.6 is 11.6 Å². The number of nitrogens with one attached hydrogen (secondary N) is 1. The summed E-state index contributed by atoms with van der Waals surface area (Å²) in [5.74, 6) is 0.333. The third kappa shape index (κ3) is 5.18. The van der Waals surface area contributed by atoms with E-state index < -0.39 is 21.9 Å². The van der Waals surface area contributed by atoms with Crippen molar-refractivity contribution in [3.63, 3.8) is 0 Å². The number of aromatic nitrogens is 2. The largest absolute Gasteiger partial charge is 0.436 e. The van der Waals surface area contributed by atoms with Crippen molar-refractivity contribution in [1.82, 2.24) is 14.5 Å². The topological polar surface area (TPSA) is 64.0 Å². The van der Waals surface area contributed by atoms with Gasteiger partial charge < -0.3 is 0 Å².